The summed E-state index contributed by atoms with van der Waals surface area (Å²) in [6.07, 6.45) is 56.4. The van der Waals surface area contributed by atoms with Crippen LogP contribution in [0.3, 0.4) is 0 Å². The fourth-order valence-electron chi connectivity index (χ4n) is 9.49. The summed E-state index contributed by atoms with van der Waals surface area (Å²) in [5, 5.41) is 30.2. The molecule has 0 bridgehead atoms. The number of rotatable bonds is 51. The topological polar surface area (TPSA) is 174 Å². The first-order valence-corrected chi connectivity index (χ1v) is 31.6. The summed E-state index contributed by atoms with van der Waals surface area (Å²) in [6, 6.07) is 3.88. The molecule has 2 rings (SSSR count). The van der Waals surface area contributed by atoms with Crippen LogP contribution >= 0.6 is 0 Å². The Morgan fingerprint density at radius 2 is 0.570 bits per heavy atom. The van der Waals surface area contributed by atoms with Gasteiger partial charge in [0, 0.05) is 30.4 Å². The molecule has 0 fully saturated rings. The van der Waals surface area contributed by atoms with Crippen LogP contribution < -0.4 is 14.2 Å². The van der Waals surface area contributed by atoms with E-state index in [1.165, 1.54) is 116 Å². The van der Waals surface area contributed by atoms with Gasteiger partial charge in [0.05, 0.1) is 0 Å². The number of ketones is 2. The maximum Gasteiger partial charge on any atom is 0.311 e. The smallest absolute Gasteiger partial charge is 0.311 e. The zero-order valence-corrected chi connectivity index (χ0v) is 49.6. The molecule has 444 valence electrons. The zero-order valence-electron chi connectivity index (χ0n) is 49.6. The van der Waals surface area contributed by atoms with Gasteiger partial charge in [0.15, 0.2) is 28.7 Å². The summed E-state index contributed by atoms with van der Waals surface area (Å²) in [5.74, 6) is -7.91. The molecule has 0 spiro atoms. The van der Waals surface area contributed by atoms with Gasteiger partial charge in [-0.25, -0.2) is 0 Å². The highest BCUT2D eigenvalue weighted by Gasteiger charge is 2.28. The van der Waals surface area contributed by atoms with Gasteiger partial charge >= 0.3 is 17.9 Å². The molecular weight excluding hydrogens is 993 g/mol. The van der Waals surface area contributed by atoms with E-state index in [0.29, 0.717) is 19.3 Å². The monoisotopic (exact) mass is 1100 g/mol. The van der Waals surface area contributed by atoms with Gasteiger partial charge in [-0.05, 0) is 121 Å². The van der Waals surface area contributed by atoms with E-state index in [1.54, 1.807) is 0 Å². The lowest BCUT2D eigenvalue weighted by Crippen LogP contribution is -2.18. The number of aromatic hydroxyl groups is 3. The van der Waals surface area contributed by atoms with Crippen LogP contribution in [0.1, 0.15) is 311 Å². The predicted octanol–water partition coefficient (Wildman–Crippen LogP) is 19.7. The number of phenolic OH excluding ortho intramolecular Hbond substituents is 3. The Labute approximate surface area is 477 Å². The average Bonchev–Trinajstić information content (AvgIpc) is 3.44. The lowest BCUT2D eigenvalue weighted by Gasteiger charge is -2.16. The molecule has 0 saturated heterocycles. The summed E-state index contributed by atoms with van der Waals surface area (Å²) >= 11 is 0. The molecule has 11 heteroatoms. The van der Waals surface area contributed by atoms with Crippen LogP contribution in [0.2, 0.25) is 0 Å². The van der Waals surface area contributed by atoms with Gasteiger partial charge in [0.2, 0.25) is 17.3 Å². The molecule has 0 aliphatic carbocycles. The molecule has 0 heterocycles. The summed E-state index contributed by atoms with van der Waals surface area (Å²) in [6.45, 7) is 6.70. The van der Waals surface area contributed by atoms with Crippen LogP contribution in [0.5, 0.6) is 34.5 Å². The molecule has 0 aliphatic rings. The van der Waals surface area contributed by atoms with Crippen molar-refractivity contribution in [2.75, 3.05) is 0 Å². The second kappa shape index (κ2) is 47.6. The van der Waals surface area contributed by atoms with Crippen LogP contribution in [0, 0.1) is 0 Å². The zero-order chi connectivity index (χ0) is 57.4. The highest BCUT2D eigenvalue weighted by molar-refractivity contribution is 6.49. The molecule has 0 atom stereocenters. The molecule has 0 aliphatic heterocycles. The van der Waals surface area contributed by atoms with E-state index in [4.69, 9.17) is 14.2 Å². The maximum absolute atomic E-state index is 13.9. The van der Waals surface area contributed by atoms with Crippen molar-refractivity contribution in [3.05, 3.63) is 71.8 Å². The van der Waals surface area contributed by atoms with Crippen LogP contribution in [-0.2, 0) is 14.4 Å². The number of ether oxygens (including phenoxy) is 3. The Morgan fingerprint density at radius 3 is 0.861 bits per heavy atom. The van der Waals surface area contributed by atoms with E-state index >= 15 is 0 Å². The SMILES string of the molecule is CCCCCCCC/C=C\CCCCCCCC(=O)Oc1cc(C(=O)C(=O)c2cc(O)c(O)c(O)c2)cc(OC(=O)CCCCCCC/C=C\CCCCCCCC)c1OC(=O)CCCCCCC/C=C\CCCCCCCC. The quantitative estimate of drug-likeness (QED) is 0.0109. The molecule has 0 aromatic heterocycles. The van der Waals surface area contributed by atoms with Gasteiger partial charge < -0.3 is 29.5 Å². The summed E-state index contributed by atoms with van der Waals surface area (Å²) in [5.41, 5.74) is -0.791. The van der Waals surface area contributed by atoms with Gasteiger partial charge in [-0.3, -0.25) is 24.0 Å². The average molecular weight is 1100 g/mol. The van der Waals surface area contributed by atoms with Crippen molar-refractivity contribution in [1.82, 2.24) is 0 Å². The molecular formula is C68H106O11. The first-order valence-electron chi connectivity index (χ1n) is 31.6. The summed E-state index contributed by atoms with van der Waals surface area (Å²) in [4.78, 5) is 68.1. The van der Waals surface area contributed by atoms with Crippen molar-refractivity contribution >= 4 is 29.5 Å². The Morgan fingerprint density at radius 1 is 0.329 bits per heavy atom. The predicted molar refractivity (Wildman–Crippen MR) is 322 cm³/mol. The van der Waals surface area contributed by atoms with Gasteiger partial charge in [0.1, 0.15) is 0 Å². The van der Waals surface area contributed by atoms with Crippen LogP contribution in [0.25, 0.3) is 0 Å². The molecule has 2 aromatic carbocycles. The number of esters is 3. The minimum Gasteiger partial charge on any atom is -0.504 e. The van der Waals surface area contributed by atoms with Crippen molar-refractivity contribution in [3.8, 4) is 34.5 Å². The van der Waals surface area contributed by atoms with E-state index < -0.39 is 52.3 Å². The first kappa shape index (κ1) is 69.9. The lowest BCUT2D eigenvalue weighted by molar-refractivity contribution is -0.138. The normalized spacial score (nSPS) is 11.6. The van der Waals surface area contributed by atoms with E-state index in [0.717, 1.165) is 140 Å². The largest absolute Gasteiger partial charge is 0.504 e. The number of phenols is 3. The standard InChI is InChI=1S/C68H106O11/c1-4-7-10-13-16-19-22-25-28-31-34-37-40-43-46-49-62(71)77-60-54-57(66(75)65(74)56-52-58(69)67(76)59(70)53-56)55-61(78-63(72)50-47-44-41-38-35-32-29-26-23-20-17-14-11-8-5-2)68(60)79-64(73)51-48-45-42-39-36-33-30-27-24-21-18-15-12-9-6-3/h25-30,52-55,69-70,76H,4-24,31-51H2,1-3H3/b28-25-,29-26-,30-27-. The van der Waals surface area contributed by atoms with E-state index in [-0.39, 0.29) is 42.1 Å². The molecule has 0 saturated carbocycles. The molecule has 0 unspecified atom stereocenters. The number of benzene rings is 2. The molecule has 0 radical (unpaired) electrons. The highest BCUT2D eigenvalue weighted by atomic mass is 16.6. The van der Waals surface area contributed by atoms with Crippen molar-refractivity contribution in [3.63, 3.8) is 0 Å². The highest BCUT2D eigenvalue weighted by Crippen LogP contribution is 2.41. The second-order valence-electron chi connectivity index (χ2n) is 21.7. The lowest BCUT2D eigenvalue weighted by atomic mass is 10.00. The fourth-order valence-corrected chi connectivity index (χ4v) is 9.49. The third kappa shape index (κ3) is 35.2. The first-order chi connectivity index (χ1) is 38.5. The van der Waals surface area contributed by atoms with Crippen molar-refractivity contribution in [2.24, 2.45) is 0 Å². The fraction of sp³-hybridized carbons (Fsp3) is 0.662. The molecule has 0 amide bonds. The van der Waals surface area contributed by atoms with Crippen molar-refractivity contribution in [2.45, 2.75) is 290 Å². The number of hydrogen-bond acceptors (Lipinski definition) is 11. The summed E-state index contributed by atoms with van der Waals surface area (Å²) in [7, 11) is 0. The third-order valence-corrected chi connectivity index (χ3v) is 14.4. The maximum atomic E-state index is 13.9. The van der Waals surface area contributed by atoms with Gasteiger partial charge in [-0.15, -0.1) is 0 Å². The minimum atomic E-state index is -1.18. The summed E-state index contributed by atoms with van der Waals surface area (Å²) < 4.78 is 17.6. The number of allylic oxidation sites excluding steroid dienone is 6. The van der Waals surface area contributed by atoms with Crippen molar-refractivity contribution in [1.29, 1.82) is 0 Å². The number of Topliss-reactive ketones (excluding diaryl/α,β-unsaturated/α-hetero) is 2. The molecule has 2 aromatic rings. The molecule has 3 N–H and O–H groups in total. The van der Waals surface area contributed by atoms with E-state index in [2.05, 4.69) is 57.2 Å². The van der Waals surface area contributed by atoms with Crippen LogP contribution in [0.4, 0.5) is 0 Å². The van der Waals surface area contributed by atoms with E-state index in [1.807, 2.05) is 0 Å². The van der Waals surface area contributed by atoms with Gasteiger partial charge in [0.25, 0.3) is 0 Å². The second-order valence-corrected chi connectivity index (χ2v) is 21.7. The Balaban J connectivity index is 2.17. The Kier molecular flexibility index (Phi) is 42.1. The Hall–Kier alpha value is -5.19. The molecule has 11 nitrogen and oxygen atoms in total. The number of carbonyl (C=O) groups excluding carboxylic acids is 5. The van der Waals surface area contributed by atoms with Gasteiger partial charge in [-0.2, -0.15) is 0 Å². The van der Waals surface area contributed by atoms with Gasteiger partial charge in [-0.1, -0.05) is 211 Å². The Bertz CT molecular complexity index is 1970. The van der Waals surface area contributed by atoms with Crippen LogP contribution in [-0.4, -0.2) is 44.8 Å². The number of carbonyl (C=O) groups is 5. The molecule has 79 heavy (non-hydrogen) atoms. The van der Waals surface area contributed by atoms with Crippen molar-refractivity contribution < 1.29 is 53.5 Å². The third-order valence-electron chi connectivity index (χ3n) is 14.4. The van der Waals surface area contributed by atoms with Crippen LogP contribution in [0.15, 0.2) is 60.7 Å². The number of hydrogen-bond donors (Lipinski definition) is 3. The number of unbranched alkanes of at least 4 members (excludes halogenated alkanes) is 33. The minimum absolute atomic E-state index is 0.0221. The van der Waals surface area contributed by atoms with E-state index in [9.17, 15) is 39.3 Å².